The summed E-state index contributed by atoms with van der Waals surface area (Å²) < 4.78 is 0. The van der Waals surface area contributed by atoms with Gasteiger partial charge in [0.15, 0.2) is 0 Å². The SMILES string of the molecule is CCCCCc1cccc(CCCC)c1CCCCC. The normalized spacial score (nSPS) is 10.9. The lowest BCUT2D eigenvalue weighted by molar-refractivity contribution is 0.685. The zero-order chi connectivity index (χ0) is 14.6. The Balaban J connectivity index is 2.77. The average Bonchev–Trinajstić information content (AvgIpc) is 2.47. The van der Waals surface area contributed by atoms with Gasteiger partial charge in [0.25, 0.3) is 0 Å². The Bertz CT molecular complexity index is 351. The standard InChI is InChI=1S/C20H34/c1-4-7-10-14-19-16-12-15-18(13-9-6-3)20(19)17-11-8-5-2/h12,15-16H,4-11,13-14,17H2,1-3H3. The van der Waals surface area contributed by atoms with Crippen molar-refractivity contribution in [3.8, 4) is 0 Å². The third-order valence-electron chi connectivity index (χ3n) is 4.25. The van der Waals surface area contributed by atoms with Crippen molar-refractivity contribution < 1.29 is 0 Å². The van der Waals surface area contributed by atoms with Crippen molar-refractivity contribution in [3.05, 3.63) is 34.9 Å². The Morgan fingerprint density at radius 1 is 0.600 bits per heavy atom. The molecule has 20 heavy (non-hydrogen) atoms. The van der Waals surface area contributed by atoms with Crippen LogP contribution in [0, 0.1) is 0 Å². The molecular formula is C20H34. The van der Waals surface area contributed by atoms with Gasteiger partial charge in [-0.2, -0.15) is 0 Å². The van der Waals surface area contributed by atoms with E-state index in [0.717, 1.165) is 0 Å². The van der Waals surface area contributed by atoms with Gasteiger partial charge in [-0.3, -0.25) is 0 Å². The highest BCUT2D eigenvalue weighted by atomic mass is 14.1. The molecule has 114 valence electrons. The molecule has 0 amide bonds. The first kappa shape index (κ1) is 17.3. The molecule has 0 N–H and O–H groups in total. The number of unbranched alkanes of at least 4 members (excludes halogenated alkanes) is 5. The predicted octanol–water partition coefficient (Wildman–Crippen LogP) is 6.49. The van der Waals surface area contributed by atoms with Gasteiger partial charge in [-0.05, 0) is 55.2 Å². The van der Waals surface area contributed by atoms with Crippen molar-refractivity contribution in [2.24, 2.45) is 0 Å². The fraction of sp³-hybridized carbons (Fsp3) is 0.700. The smallest absolute Gasteiger partial charge is 0.0273 e. The molecule has 0 atom stereocenters. The van der Waals surface area contributed by atoms with Crippen LogP contribution in [0.4, 0.5) is 0 Å². The molecule has 0 radical (unpaired) electrons. The van der Waals surface area contributed by atoms with Gasteiger partial charge in [-0.1, -0.05) is 71.1 Å². The fourth-order valence-corrected chi connectivity index (χ4v) is 2.96. The van der Waals surface area contributed by atoms with E-state index in [-0.39, 0.29) is 0 Å². The fourth-order valence-electron chi connectivity index (χ4n) is 2.96. The van der Waals surface area contributed by atoms with E-state index in [4.69, 9.17) is 0 Å². The maximum absolute atomic E-state index is 2.38. The van der Waals surface area contributed by atoms with Crippen LogP contribution >= 0.6 is 0 Å². The van der Waals surface area contributed by atoms with Crippen LogP contribution in [0.5, 0.6) is 0 Å². The first-order valence-corrected chi connectivity index (χ1v) is 8.93. The van der Waals surface area contributed by atoms with Gasteiger partial charge in [0.2, 0.25) is 0 Å². The summed E-state index contributed by atoms with van der Waals surface area (Å²) in [5.41, 5.74) is 4.98. The minimum atomic E-state index is 1.28. The van der Waals surface area contributed by atoms with Crippen LogP contribution in [-0.2, 0) is 19.3 Å². The van der Waals surface area contributed by atoms with Gasteiger partial charge < -0.3 is 0 Å². The third-order valence-corrected chi connectivity index (χ3v) is 4.25. The Hall–Kier alpha value is -0.780. The van der Waals surface area contributed by atoms with Crippen molar-refractivity contribution in [2.75, 3.05) is 0 Å². The molecule has 0 aliphatic rings. The van der Waals surface area contributed by atoms with Gasteiger partial charge in [0.05, 0.1) is 0 Å². The number of benzene rings is 1. The minimum Gasteiger partial charge on any atom is -0.0654 e. The molecule has 1 rings (SSSR count). The van der Waals surface area contributed by atoms with E-state index >= 15 is 0 Å². The average molecular weight is 274 g/mol. The summed E-state index contributed by atoms with van der Waals surface area (Å²) in [6.07, 6.45) is 14.6. The maximum atomic E-state index is 2.38. The van der Waals surface area contributed by atoms with Crippen LogP contribution in [0.2, 0.25) is 0 Å². The van der Waals surface area contributed by atoms with Crippen molar-refractivity contribution in [3.63, 3.8) is 0 Å². The molecule has 0 heterocycles. The highest BCUT2D eigenvalue weighted by Crippen LogP contribution is 2.22. The molecule has 0 saturated carbocycles. The molecule has 0 aromatic heterocycles. The summed E-state index contributed by atoms with van der Waals surface area (Å²) >= 11 is 0. The molecule has 0 nitrogen and oxygen atoms in total. The van der Waals surface area contributed by atoms with Crippen molar-refractivity contribution in [2.45, 2.75) is 91.4 Å². The predicted molar refractivity (Wildman–Crippen MR) is 91.5 cm³/mol. The highest BCUT2D eigenvalue weighted by Gasteiger charge is 2.08. The van der Waals surface area contributed by atoms with E-state index in [0.29, 0.717) is 0 Å². The third kappa shape index (κ3) is 6.11. The van der Waals surface area contributed by atoms with Crippen LogP contribution in [-0.4, -0.2) is 0 Å². The highest BCUT2D eigenvalue weighted by molar-refractivity contribution is 5.36. The molecule has 0 aliphatic heterocycles. The van der Waals surface area contributed by atoms with Gasteiger partial charge in [-0.25, -0.2) is 0 Å². The Morgan fingerprint density at radius 3 is 1.65 bits per heavy atom. The molecular weight excluding hydrogens is 240 g/mol. The summed E-state index contributed by atoms with van der Waals surface area (Å²) in [5, 5.41) is 0. The van der Waals surface area contributed by atoms with Crippen LogP contribution < -0.4 is 0 Å². The first-order chi connectivity index (χ1) is 9.83. The molecule has 0 aliphatic carbocycles. The quantitative estimate of drug-likeness (QED) is 0.404. The zero-order valence-electron chi connectivity index (χ0n) is 14.0. The lowest BCUT2D eigenvalue weighted by Gasteiger charge is -2.15. The number of aryl methyl sites for hydroxylation is 2. The lowest BCUT2D eigenvalue weighted by atomic mass is 9.91. The number of hydrogen-bond donors (Lipinski definition) is 0. The van der Waals surface area contributed by atoms with Crippen LogP contribution in [0.25, 0.3) is 0 Å². The van der Waals surface area contributed by atoms with E-state index in [1.54, 1.807) is 16.7 Å². The summed E-state index contributed by atoms with van der Waals surface area (Å²) in [6, 6.07) is 7.04. The molecule has 0 bridgehead atoms. The number of hydrogen-bond acceptors (Lipinski definition) is 0. The Kier molecular flexibility index (Phi) is 9.45. The second kappa shape index (κ2) is 10.9. The molecule has 0 saturated heterocycles. The van der Waals surface area contributed by atoms with Gasteiger partial charge >= 0.3 is 0 Å². The van der Waals surface area contributed by atoms with Crippen molar-refractivity contribution in [1.82, 2.24) is 0 Å². The largest absolute Gasteiger partial charge is 0.0654 e. The van der Waals surface area contributed by atoms with E-state index in [1.165, 1.54) is 70.6 Å². The Morgan fingerprint density at radius 2 is 1.10 bits per heavy atom. The molecule has 0 unspecified atom stereocenters. The Labute approximate surface area is 127 Å². The van der Waals surface area contributed by atoms with E-state index in [1.807, 2.05) is 0 Å². The summed E-state index contributed by atoms with van der Waals surface area (Å²) in [6.45, 7) is 6.88. The molecule has 0 spiro atoms. The van der Waals surface area contributed by atoms with Crippen molar-refractivity contribution in [1.29, 1.82) is 0 Å². The van der Waals surface area contributed by atoms with Gasteiger partial charge in [-0.15, -0.1) is 0 Å². The van der Waals surface area contributed by atoms with E-state index in [2.05, 4.69) is 39.0 Å². The molecule has 0 fully saturated rings. The van der Waals surface area contributed by atoms with E-state index < -0.39 is 0 Å². The number of rotatable bonds is 11. The summed E-state index contributed by atoms with van der Waals surface area (Å²) in [5.74, 6) is 0. The second-order valence-corrected chi connectivity index (χ2v) is 6.07. The summed E-state index contributed by atoms with van der Waals surface area (Å²) in [4.78, 5) is 0. The van der Waals surface area contributed by atoms with Gasteiger partial charge in [0.1, 0.15) is 0 Å². The van der Waals surface area contributed by atoms with Crippen LogP contribution in [0.15, 0.2) is 18.2 Å². The second-order valence-electron chi connectivity index (χ2n) is 6.07. The van der Waals surface area contributed by atoms with Crippen molar-refractivity contribution >= 4 is 0 Å². The molecule has 1 aromatic carbocycles. The van der Waals surface area contributed by atoms with Gasteiger partial charge in [0, 0.05) is 0 Å². The first-order valence-electron chi connectivity index (χ1n) is 8.93. The zero-order valence-corrected chi connectivity index (χ0v) is 14.0. The van der Waals surface area contributed by atoms with Crippen LogP contribution in [0.1, 0.15) is 88.8 Å². The topological polar surface area (TPSA) is 0 Å². The lowest BCUT2D eigenvalue weighted by Crippen LogP contribution is -2.01. The molecule has 0 heteroatoms. The molecule has 1 aromatic rings. The van der Waals surface area contributed by atoms with Crippen LogP contribution in [0.3, 0.4) is 0 Å². The van der Waals surface area contributed by atoms with E-state index in [9.17, 15) is 0 Å². The maximum Gasteiger partial charge on any atom is -0.0273 e. The monoisotopic (exact) mass is 274 g/mol. The minimum absolute atomic E-state index is 1.28. The summed E-state index contributed by atoms with van der Waals surface area (Å²) in [7, 11) is 0.